The average molecular weight is 627 g/mol. The first-order valence-electron chi connectivity index (χ1n) is 13.7. The van der Waals surface area contributed by atoms with Crippen LogP contribution in [0.2, 0.25) is 0 Å². The van der Waals surface area contributed by atoms with Gasteiger partial charge in [0.2, 0.25) is 0 Å². The number of hydrogen-bond acceptors (Lipinski definition) is 10. The number of thiazole rings is 1. The molecule has 4 heterocycles. The molecule has 0 aliphatic carbocycles. The quantitative estimate of drug-likeness (QED) is 0.188. The van der Waals surface area contributed by atoms with Gasteiger partial charge in [-0.25, -0.2) is 9.37 Å². The van der Waals surface area contributed by atoms with Gasteiger partial charge in [0.05, 0.1) is 18.7 Å². The highest BCUT2D eigenvalue weighted by molar-refractivity contribution is 7.79. The second-order valence-corrected chi connectivity index (χ2v) is 16.5. The Morgan fingerprint density at radius 1 is 0.951 bits per heavy atom. The van der Waals surface area contributed by atoms with Crippen molar-refractivity contribution in [3.8, 4) is 16.3 Å². The normalized spacial score (nSPS) is 30.5. The van der Waals surface area contributed by atoms with Gasteiger partial charge in [-0.05, 0) is 77.3 Å². The van der Waals surface area contributed by atoms with E-state index in [4.69, 9.17) is 27.8 Å². The largest absolute Gasteiger partial charge is 0.490 e. The lowest BCUT2D eigenvalue weighted by Gasteiger charge is -2.23. The lowest BCUT2D eigenvalue weighted by molar-refractivity contribution is 0.187. The molecule has 2 aromatic heterocycles. The van der Waals surface area contributed by atoms with Gasteiger partial charge in [-0.15, -0.1) is 11.3 Å². The molecule has 0 spiro atoms. The molecule has 5 rings (SSSR count). The van der Waals surface area contributed by atoms with Gasteiger partial charge in [0, 0.05) is 22.8 Å². The van der Waals surface area contributed by atoms with E-state index in [1.54, 1.807) is 63.6 Å². The first-order chi connectivity index (χ1) is 19.5. The molecule has 4 unspecified atom stereocenters. The number of pyridine rings is 1. The van der Waals surface area contributed by atoms with E-state index in [0.29, 0.717) is 25.0 Å². The van der Waals surface area contributed by atoms with Crippen molar-refractivity contribution < 1.29 is 37.0 Å². The summed E-state index contributed by atoms with van der Waals surface area (Å²) in [6, 6.07) is 8.37. The van der Waals surface area contributed by atoms with Crippen LogP contribution in [0.1, 0.15) is 50.3 Å². The third-order valence-electron chi connectivity index (χ3n) is 7.39. The molecule has 2 aliphatic heterocycles. The van der Waals surface area contributed by atoms with Crippen LogP contribution in [0.5, 0.6) is 5.75 Å². The number of halogens is 1. The zero-order chi connectivity index (χ0) is 29.4. The Morgan fingerprint density at radius 2 is 1.54 bits per heavy atom. The summed E-state index contributed by atoms with van der Waals surface area (Å²) < 4.78 is 44.2. The molecule has 3 aromatic rings. The third-order valence-corrected chi connectivity index (χ3v) is 14.6. The average Bonchev–Trinajstić information content (AvgIpc) is 3.53. The van der Waals surface area contributed by atoms with E-state index >= 15 is 0 Å². The number of benzene rings is 1. The molecule has 2 saturated heterocycles. The minimum atomic E-state index is -3.58. The Bertz CT molecular complexity index is 1300. The molecule has 222 valence electrons. The zero-order valence-corrected chi connectivity index (χ0v) is 26.4. The van der Waals surface area contributed by atoms with Crippen LogP contribution in [0, 0.1) is 12.7 Å². The summed E-state index contributed by atoms with van der Waals surface area (Å²) in [5.41, 5.74) is 2.66. The lowest BCUT2D eigenvalue weighted by Crippen LogP contribution is -2.22. The van der Waals surface area contributed by atoms with Gasteiger partial charge >= 0.3 is 21.3 Å². The number of aromatic nitrogens is 2. The number of aryl methyl sites for hydroxylation is 2. The van der Waals surface area contributed by atoms with E-state index in [9.17, 15) is 14.2 Å². The molecular formula is C28H37FN2O7P2S+2. The molecule has 13 heteroatoms. The Hall–Kier alpha value is -1.65. The molecule has 41 heavy (non-hydrogen) atoms. The van der Waals surface area contributed by atoms with Crippen molar-refractivity contribution in [3.05, 3.63) is 64.7 Å². The zero-order valence-electron chi connectivity index (χ0n) is 23.8. The van der Waals surface area contributed by atoms with Gasteiger partial charge in [0.15, 0.2) is 11.6 Å². The fourth-order valence-electron chi connectivity index (χ4n) is 4.74. The minimum Gasteiger partial charge on any atom is -0.490 e. The van der Waals surface area contributed by atoms with Crippen LogP contribution in [0.15, 0.2) is 42.7 Å². The first-order valence-corrected chi connectivity index (χ1v) is 17.8. The van der Waals surface area contributed by atoms with Crippen LogP contribution in [-0.4, -0.2) is 56.2 Å². The number of nitrogens with zero attached hydrogens (tertiary/aromatic N) is 2. The smallest absolute Gasteiger partial charge is 0.461 e. The van der Waals surface area contributed by atoms with Crippen molar-refractivity contribution in [3.63, 3.8) is 0 Å². The van der Waals surface area contributed by atoms with Crippen molar-refractivity contribution in [1.82, 2.24) is 9.97 Å². The number of ether oxygens (including phenoxy) is 1. The van der Waals surface area contributed by atoms with Gasteiger partial charge in [-0.1, -0.05) is 6.07 Å². The van der Waals surface area contributed by atoms with E-state index in [1.165, 1.54) is 6.07 Å². The molecule has 0 saturated carbocycles. The molecule has 0 amide bonds. The highest BCUT2D eigenvalue weighted by atomic mass is 32.1. The predicted molar refractivity (Wildman–Crippen MR) is 158 cm³/mol. The maximum absolute atomic E-state index is 14.7. The summed E-state index contributed by atoms with van der Waals surface area (Å²) in [7, 11) is -7.16. The van der Waals surface area contributed by atoms with Crippen LogP contribution in [-0.2, 0) is 30.9 Å². The van der Waals surface area contributed by atoms with Crippen molar-refractivity contribution in [2.45, 2.75) is 83.7 Å². The molecule has 2 N–H and O–H groups in total. The fraction of sp³-hybridized carbons (Fsp3) is 0.500. The van der Waals surface area contributed by atoms with Crippen LogP contribution in [0.3, 0.4) is 0 Å². The Morgan fingerprint density at radius 3 is 2.12 bits per heavy atom. The first kappa shape index (κ1) is 30.8. The highest BCUT2D eigenvalue weighted by Crippen LogP contribution is 2.83. The van der Waals surface area contributed by atoms with Crippen molar-refractivity contribution >= 4 is 27.2 Å². The van der Waals surface area contributed by atoms with Crippen LogP contribution in [0.4, 0.5) is 4.39 Å². The summed E-state index contributed by atoms with van der Waals surface area (Å²) >= 11 is 1.64. The highest BCUT2D eigenvalue weighted by Gasteiger charge is 2.76. The summed E-state index contributed by atoms with van der Waals surface area (Å²) in [6.45, 7) is 9.56. The van der Waals surface area contributed by atoms with Crippen LogP contribution in [0.25, 0.3) is 10.6 Å². The molecule has 0 radical (unpaired) electrons. The summed E-state index contributed by atoms with van der Waals surface area (Å²) in [6.07, 6.45) is 3.48. The maximum atomic E-state index is 14.7. The van der Waals surface area contributed by atoms with Gasteiger partial charge in [-0.2, -0.15) is 27.9 Å². The predicted octanol–water partition coefficient (Wildman–Crippen LogP) is 6.69. The second-order valence-electron chi connectivity index (χ2n) is 10.5. The van der Waals surface area contributed by atoms with Gasteiger partial charge in [-0.3, -0.25) is 4.98 Å². The Balaban J connectivity index is 1.26. The Kier molecular flexibility index (Phi) is 9.41. The summed E-state index contributed by atoms with van der Waals surface area (Å²) in [4.78, 5) is 33.0. The van der Waals surface area contributed by atoms with Gasteiger partial charge < -0.3 is 4.74 Å². The summed E-state index contributed by atoms with van der Waals surface area (Å²) in [5.74, 6) is -0.405. The van der Waals surface area contributed by atoms with Crippen molar-refractivity contribution in [1.29, 1.82) is 0 Å². The van der Waals surface area contributed by atoms with E-state index in [0.717, 1.165) is 21.1 Å². The molecule has 2 aliphatic rings. The molecule has 1 aromatic carbocycles. The van der Waals surface area contributed by atoms with E-state index in [1.807, 2.05) is 19.1 Å². The molecule has 2 fully saturated rings. The SMILES string of the molecule is Cc1sc(-c2ccncc2)nc1CCCOc1cc(CC([P+]2(O)OC(C)C(C)O2)[P+]2(O)OC(C)C(C)O2)ccc1F. The van der Waals surface area contributed by atoms with Crippen molar-refractivity contribution in [2.24, 2.45) is 0 Å². The summed E-state index contributed by atoms with van der Waals surface area (Å²) in [5, 5.41) is -0.0310. The Labute approximate surface area is 245 Å². The van der Waals surface area contributed by atoms with E-state index < -0.39 is 27.1 Å². The van der Waals surface area contributed by atoms with Crippen LogP contribution >= 0.6 is 27.2 Å². The molecule has 4 atom stereocenters. The fourth-order valence-corrected chi connectivity index (χ4v) is 12.0. The number of rotatable bonds is 10. The standard InChI is InChI=1S/C28H37FN2O7P2S/c1-17-18(2)36-39(32,35-17)27(40(33)37-19(3)20(4)38-40)16-22-8-9-24(29)26(15-22)34-14-6-7-25-21(5)41-28(31-25)23-10-12-30-13-11-23/h8-13,15,17-20,27,32-33H,6-7,14,16H2,1-5H3/q+2. The number of hydrogen-bond donors (Lipinski definition) is 2. The topological polar surface area (TPSA) is 112 Å². The van der Waals surface area contributed by atoms with Crippen LogP contribution < -0.4 is 4.74 Å². The molecule has 0 bridgehead atoms. The monoisotopic (exact) mass is 626 g/mol. The maximum Gasteiger partial charge on any atom is 0.461 e. The van der Waals surface area contributed by atoms with Gasteiger partial charge in [0.25, 0.3) is 0 Å². The van der Waals surface area contributed by atoms with Gasteiger partial charge in [0.1, 0.15) is 29.4 Å². The van der Waals surface area contributed by atoms with E-state index in [-0.39, 0.29) is 36.6 Å². The molecular weight excluding hydrogens is 589 g/mol. The van der Waals surface area contributed by atoms with E-state index in [2.05, 4.69) is 4.98 Å². The second kappa shape index (κ2) is 12.5. The van der Waals surface area contributed by atoms with Crippen molar-refractivity contribution in [2.75, 3.05) is 6.61 Å². The molecule has 9 nitrogen and oxygen atoms in total. The minimum absolute atomic E-state index is 0.0920. The lowest BCUT2D eigenvalue weighted by atomic mass is 10.1. The third kappa shape index (κ3) is 6.80.